The summed E-state index contributed by atoms with van der Waals surface area (Å²) in [6, 6.07) is 5.78. The predicted octanol–water partition coefficient (Wildman–Crippen LogP) is 2.83. The SMILES string of the molecule is Cc1ncc(COc2c(C)cccc2CO)s1. The predicted molar refractivity (Wildman–Crippen MR) is 68.3 cm³/mol. The zero-order valence-electron chi connectivity index (χ0n) is 9.93. The molecular weight excluding hydrogens is 234 g/mol. The standard InChI is InChI=1S/C13H15NO2S/c1-9-4-3-5-11(7-15)13(9)16-8-12-6-14-10(2)17-12/h3-6,15H,7-8H2,1-2H3. The summed E-state index contributed by atoms with van der Waals surface area (Å²) in [6.45, 7) is 4.45. The van der Waals surface area contributed by atoms with Crippen LogP contribution in [0.15, 0.2) is 24.4 Å². The summed E-state index contributed by atoms with van der Waals surface area (Å²) in [5.74, 6) is 0.779. The Hall–Kier alpha value is -1.39. The van der Waals surface area contributed by atoms with Crippen LogP contribution >= 0.6 is 11.3 Å². The van der Waals surface area contributed by atoms with E-state index in [0.29, 0.717) is 6.61 Å². The van der Waals surface area contributed by atoms with Gasteiger partial charge in [0.1, 0.15) is 12.4 Å². The van der Waals surface area contributed by atoms with Crippen molar-refractivity contribution in [3.63, 3.8) is 0 Å². The maximum Gasteiger partial charge on any atom is 0.128 e. The van der Waals surface area contributed by atoms with Gasteiger partial charge in [0, 0.05) is 11.8 Å². The van der Waals surface area contributed by atoms with Crippen molar-refractivity contribution < 1.29 is 9.84 Å². The highest BCUT2D eigenvalue weighted by molar-refractivity contribution is 7.11. The summed E-state index contributed by atoms with van der Waals surface area (Å²) in [4.78, 5) is 5.28. The normalized spacial score (nSPS) is 10.5. The first-order valence-electron chi connectivity index (χ1n) is 5.44. The number of aliphatic hydroxyl groups excluding tert-OH is 1. The van der Waals surface area contributed by atoms with Gasteiger partial charge in [-0.15, -0.1) is 11.3 Å². The monoisotopic (exact) mass is 249 g/mol. The molecule has 0 atom stereocenters. The van der Waals surface area contributed by atoms with Gasteiger partial charge >= 0.3 is 0 Å². The van der Waals surface area contributed by atoms with E-state index in [0.717, 1.165) is 26.8 Å². The number of hydrogen-bond donors (Lipinski definition) is 1. The lowest BCUT2D eigenvalue weighted by Crippen LogP contribution is -1.99. The molecule has 0 aliphatic heterocycles. The molecule has 0 saturated carbocycles. The number of hydrogen-bond acceptors (Lipinski definition) is 4. The summed E-state index contributed by atoms with van der Waals surface area (Å²) >= 11 is 1.63. The van der Waals surface area contributed by atoms with Gasteiger partial charge in [0.2, 0.25) is 0 Å². The number of benzene rings is 1. The minimum absolute atomic E-state index is 0.00126. The van der Waals surface area contributed by atoms with Crippen molar-refractivity contribution in [2.75, 3.05) is 0 Å². The fourth-order valence-corrected chi connectivity index (χ4v) is 2.37. The first kappa shape index (κ1) is 12.1. The third-order valence-corrected chi connectivity index (χ3v) is 3.38. The van der Waals surface area contributed by atoms with Crippen molar-refractivity contribution in [1.29, 1.82) is 0 Å². The minimum Gasteiger partial charge on any atom is -0.487 e. The molecule has 0 aliphatic rings. The Morgan fingerprint density at radius 1 is 1.35 bits per heavy atom. The average molecular weight is 249 g/mol. The Kier molecular flexibility index (Phi) is 3.76. The molecule has 1 aromatic heterocycles. The van der Waals surface area contributed by atoms with Crippen LogP contribution in [0.25, 0.3) is 0 Å². The van der Waals surface area contributed by atoms with E-state index in [-0.39, 0.29) is 6.61 Å². The molecule has 0 amide bonds. The van der Waals surface area contributed by atoms with E-state index < -0.39 is 0 Å². The van der Waals surface area contributed by atoms with Crippen LogP contribution in [0.3, 0.4) is 0 Å². The molecule has 0 spiro atoms. The van der Waals surface area contributed by atoms with Crippen LogP contribution < -0.4 is 4.74 Å². The third-order valence-electron chi connectivity index (χ3n) is 2.49. The van der Waals surface area contributed by atoms with E-state index >= 15 is 0 Å². The molecule has 0 bridgehead atoms. The molecule has 2 aromatic rings. The Morgan fingerprint density at radius 2 is 2.18 bits per heavy atom. The molecular formula is C13H15NO2S. The van der Waals surface area contributed by atoms with Gasteiger partial charge in [0.05, 0.1) is 16.5 Å². The molecule has 17 heavy (non-hydrogen) atoms. The van der Waals surface area contributed by atoms with Gasteiger partial charge in [0.15, 0.2) is 0 Å². The van der Waals surface area contributed by atoms with Crippen molar-refractivity contribution in [3.05, 3.63) is 45.4 Å². The number of rotatable bonds is 4. The fraction of sp³-hybridized carbons (Fsp3) is 0.308. The number of ether oxygens (including phenoxy) is 1. The largest absolute Gasteiger partial charge is 0.487 e. The molecule has 0 unspecified atom stereocenters. The van der Waals surface area contributed by atoms with E-state index in [1.54, 1.807) is 11.3 Å². The zero-order chi connectivity index (χ0) is 12.3. The molecule has 0 fully saturated rings. The Balaban J connectivity index is 2.13. The maximum absolute atomic E-state index is 9.25. The van der Waals surface area contributed by atoms with E-state index in [1.807, 2.05) is 38.2 Å². The van der Waals surface area contributed by atoms with Gasteiger partial charge < -0.3 is 9.84 Å². The van der Waals surface area contributed by atoms with Gasteiger partial charge in [-0.1, -0.05) is 18.2 Å². The highest BCUT2D eigenvalue weighted by Crippen LogP contribution is 2.25. The van der Waals surface area contributed by atoms with Crippen LogP contribution in [0.2, 0.25) is 0 Å². The molecule has 90 valence electrons. The lowest BCUT2D eigenvalue weighted by atomic mass is 10.1. The highest BCUT2D eigenvalue weighted by atomic mass is 32.1. The van der Waals surface area contributed by atoms with Crippen LogP contribution in [-0.4, -0.2) is 10.1 Å². The molecule has 1 aromatic carbocycles. The van der Waals surface area contributed by atoms with Crippen LogP contribution in [0, 0.1) is 13.8 Å². The third kappa shape index (κ3) is 2.84. The number of thiazole rings is 1. The lowest BCUT2D eigenvalue weighted by molar-refractivity contribution is 0.259. The van der Waals surface area contributed by atoms with Crippen molar-refractivity contribution >= 4 is 11.3 Å². The van der Waals surface area contributed by atoms with E-state index in [2.05, 4.69) is 4.98 Å². The highest BCUT2D eigenvalue weighted by Gasteiger charge is 2.07. The van der Waals surface area contributed by atoms with Crippen molar-refractivity contribution in [1.82, 2.24) is 4.98 Å². The smallest absolute Gasteiger partial charge is 0.128 e. The quantitative estimate of drug-likeness (QED) is 0.906. The van der Waals surface area contributed by atoms with Crippen LogP contribution in [0.5, 0.6) is 5.75 Å². The fourth-order valence-electron chi connectivity index (χ4n) is 1.66. The average Bonchev–Trinajstić information content (AvgIpc) is 2.73. The second kappa shape index (κ2) is 5.29. The molecule has 2 rings (SSSR count). The summed E-state index contributed by atoms with van der Waals surface area (Å²) in [5, 5.41) is 10.3. The number of aliphatic hydroxyl groups is 1. The van der Waals surface area contributed by atoms with Gasteiger partial charge in [-0.25, -0.2) is 4.98 Å². The van der Waals surface area contributed by atoms with Crippen LogP contribution in [-0.2, 0) is 13.2 Å². The molecule has 1 N–H and O–H groups in total. The van der Waals surface area contributed by atoms with Gasteiger partial charge in [-0.05, 0) is 19.4 Å². The summed E-state index contributed by atoms with van der Waals surface area (Å²) in [7, 11) is 0. The van der Waals surface area contributed by atoms with E-state index in [1.165, 1.54) is 0 Å². The van der Waals surface area contributed by atoms with Crippen molar-refractivity contribution in [3.8, 4) is 5.75 Å². The summed E-state index contributed by atoms with van der Waals surface area (Å²) in [5.41, 5.74) is 1.86. The Labute approximate surface area is 105 Å². The van der Waals surface area contributed by atoms with Crippen LogP contribution in [0.4, 0.5) is 0 Å². The van der Waals surface area contributed by atoms with Crippen molar-refractivity contribution in [2.24, 2.45) is 0 Å². The molecule has 0 aliphatic carbocycles. The first-order chi connectivity index (χ1) is 8.20. The van der Waals surface area contributed by atoms with Gasteiger partial charge in [-0.3, -0.25) is 0 Å². The minimum atomic E-state index is -0.00126. The van der Waals surface area contributed by atoms with E-state index in [9.17, 15) is 5.11 Å². The maximum atomic E-state index is 9.25. The molecule has 3 nitrogen and oxygen atoms in total. The molecule has 0 saturated heterocycles. The topological polar surface area (TPSA) is 42.4 Å². The Bertz CT molecular complexity index is 508. The van der Waals surface area contributed by atoms with E-state index in [4.69, 9.17) is 4.74 Å². The lowest BCUT2D eigenvalue weighted by Gasteiger charge is -2.11. The summed E-state index contributed by atoms with van der Waals surface area (Å²) in [6.07, 6.45) is 1.83. The summed E-state index contributed by atoms with van der Waals surface area (Å²) < 4.78 is 5.77. The first-order valence-corrected chi connectivity index (χ1v) is 6.26. The van der Waals surface area contributed by atoms with Gasteiger partial charge in [0.25, 0.3) is 0 Å². The van der Waals surface area contributed by atoms with Crippen molar-refractivity contribution in [2.45, 2.75) is 27.1 Å². The molecule has 4 heteroatoms. The Morgan fingerprint density at radius 3 is 2.82 bits per heavy atom. The molecule has 1 heterocycles. The van der Waals surface area contributed by atoms with Crippen LogP contribution in [0.1, 0.15) is 21.0 Å². The number of aryl methyl sites for hydroxylation is 2. The number of para-hydroxylation sites is 1. The zero-order valence-corrected chi connectivity index (χ0v) is 10.8. The molecule has 0 radical (unpaired) electrons. The second-order valence-corrected chi connectivity index (χ2v) is 5.17. The number of nitrogens with zero attached hydrogens (tertiary/aromatic N) is 1. The second-order valence-electron chi connectivity index (χ2n) is 3.86. The van der Waals surface area contributed by atoms with Gasteiger partial charge in [-0.2, -0.15) is 0 Å². The number of aromatic nitrogens is 1.